The maximum Gasteiger partial charge on any atom is 0.251 e. The standard InChI is InChI=1S/C20H18N2O3S/c1-15-7-6-8-16(13-15)25-18-10-3-2-9-17(18)21-19(23)14-26-20-11-4-5-12-22(20)24/h2-13H,14H2,1H3,(H,21,23). The molecule has 132 valence electrons. The Balaban J connectivity index is 1.66. The molecule has 5 nitrogen and oxygen atoms in total. The van der Waals surface area contributed by atoms with E-state index in [1.807, 2.05) is 43.3 Å². The number of rotatable bonds is 6. The van der Waals surface area contributed by atoms with Crippen molar-refractivity contribution in [2.45, 2.75) is 11.9 Å². The van der Waals surface area contributed by atoms with E-state index in [1.54, 1.807) is 30.3 Å². The molecule has 0 fully saturated rings. The first-order valence-corrected chi connectivity index (χ1v) is 9.05. The number of ether oxygens (including phenoxy) is 1. The Kier molecular flexibility index (Phi) is 5.76. The zero-order valence-electron chi connectivity index (χ0n) is 14.2. The van der Waals surface area contributed by atoms with E-state index in [9.17, 15) is 10.0 Å². The highest BCUT2D eigenvalue weighted by Crippen LogP contribution is 2.29. The lowest BCUT2D eigenvalue weighted by Crippen LogP contribution is -2.28. The quantitative estimate of drug-likeness (QED) is 0.404. The number of hydrogen-bond donors (Lipinski definition) is 1. The summed E-state index contributed by atoms with van der Waals surface area (Å²) in [7, 11) is 0. The van der Waals surface area contributed by atoms with Gasteiger partial charge in [0.05, 0.1) is 11.4 Å². The minimum absolute atomic E-state index is 0.130. The molecule has 3 rings (SSSR count). The summed E-state index contributed by atoms with van der Waals surface area (Å²) < 4.78 is 6.64. The molecule has 0 saturated heterocycles. The second kappa shape index (κ2) is 8.40. The number of aromatic nitrogens is 1. The number of nitrogens with one attached hydrogen (secondary N) is 1. The minimum Gasteiger partial charge on any atom is -0.618 e. The Morgan fingerprint density at radius 1 is 1.12 bits per heavy atom. The van der Waals surface area contributed by atoms with Crippen LogP contribution in [0.4, 0.5) is 5.69 Å². The average Bonchev–Trinajstić information content (AvgIpc) is 2.63. The summed E-state index contributed by atoms with van der Waals surface area (Å²) in [5.41, 5.74) is 1.68. The van der Waals surface area contributed by atoms with Gasteiger partial charge in [0, 0.05) is 12.1 Å². The van der Waals surface area contributed by atoms with Gasteiger partial charge in [-0.1, -0.05) is 24.3 Å². The summed E-state index contributed by atoms with van der Waals surface area (Å²) in [6, 6.07) is 20.0. The molecule has 1 N–H and O–H groups in total. The molecule has 26 heavy (non-hydrogen) atoms. The number of para-hydroxylation sites is 2. The number of carbonyl (C=O) groups excluding carboxylic acids is 1. The predicted octanol–water partition coefficient (Wildman–Crippen LogP) is 4.15. The number of carbonyl (C=O) groups is 1. The van der Waals surface area contributed by atoms with E-state index in [-0.39, 0.29) is 11.7 Å². The van der Waals surface area contributed by atoms with E-state index in [1.165, 1.54) is 18.0 Å². The Morgan fingerprint density at radius 2 is 1.92 bits per heavy atom. The number of benzene rings is 2. The van der Waals surface area contributed by atoms with Crippen molar-refractivity contribution in [3.8, 4) is 11.5 Å². The Labute approximate surface area is 156 Å². The van der Waals surface area contributed by atoms with Crippen LogP contribution in [0.15, 0.2) is 78.0 Å². The highest BCUT2D eigenvalue weighted by atomic mass is 32.2. The number of hydrogen-bond acceptors (Lipinski definition) is 4. The average molecular weight is 366 g/mol. The first-order valence-electron chi connectivity index (χ1n) is 8.06. The van der Waals surface area contributed by atoms with Gasteiger partial charge in [-0.2, -0.15) is 4.73 Å². The number of thioether (sulfide) groups is 1. The monoisotopic (exact) mass is 366 g/mol. The van der Waals surface area contributed by atoms with E-state index in [2.05, 4.69) is 5.32 Å². The van der Waals surface area contributed by atoms with Crippen molar-refractivity contribution in [3.05, 3.63) is 83.7 Å². The summed E-state index contributed by atoms with van der Waals surface area (Å²) in [6.07, 6.45) is 1.41. The molecule has 0 radical (unpaired) electrons. The third-order valence-corrected chi connectivity index (χ3v) is 4.54. The van der Waals surface area contributed by atoms with E-state index in [0.29, 0.717) is 22.2 Å². The molecule has 6 heteroatoms. The minimum atomic E-state index is -0.209. The van der Waals surface area contributed by atoms with Gasteiger partial charge in [0.25, 0.3) is 5.03 Å². The van der Waals surface area contributed by atoms with Crippen LogP contribution in [0.5, 0.6) is 11.5 Å². The maximum absolute atomic E-state index is 12.3. The van der Waals surface area contributed by atoms with Crippen LogP contribution < -0.4 is 14.8 Å². The van der Waals surface area contributed by atoms with Gasteiger partial charge >= 0.3 is 0 Å². The number of pyridine rings is 1. The van der Waals surface area contributed by atoms with Gasteiger partial charge in [-0.15, -0.1) is 0 Å². The van der Waals surface area contributed by atoms with Crippen molar-refractivity contribution >= 4 is 23.4 Å². The predicted molar refractivity (Wildman–Crippen MR) is 102 cm³/mol. The van der Waals surface area contributed by atoms with Crippen LogP contribution in [0.25, 0.3) is 0 Å². The molecule has 2 aromatic carbocycles. The van der Waals surface area contributed by atoms with Crippen molar-refractivity contribution in [1.29, 1.82) is 0 Å². The molecule has 0 spiro atoms. The van der Waals surface area contributed by atoms with E-state index < -0.39 is 0 Å². The fourth-order valence-electron chi connectivity index (χ4n) is 2.31. The van der Waals surface area contributed by atoms with Crippen LogP contribution in [0.1, 0.15) is 5.56 Å². The Hall–Kier alpha value is -2.99. The third kappa shape index (κ3) is 4.77. The second-order valence-electron chi connectivity index (χ2n) is 5.62. The van der Waals surface area contributed by atoms with E-state index in [0.717, 1.165) is 10.3 Å². The zero-order valence-corrected chi connectivity index (χ0v) is 15.0. The lowest BCUT2D eigenvalue weighted by molar-refractivity contribution is -0.645. The van der Waals surface area contributed by atoms with Crippen LogP contribution in [-0.2, 0) is 4.79 Å². The van der Waals surface area contributed by atoms with Crippen molar-refractivity contribution in [2.24, 2.45) is 0 Å². The van der Waals surface area contributed by atoms with E-state index in [4.69, 9.17) is 4.74 Å². The van der Waals surface area contributed by atoms with Gasteiger partial charge in [-0.25, -0.2) is 0 Å². The molecule has 0 bridgehead atoms. The normalized spacial score (nSPS) is 10.3. The number of aryl methyl sites for hydroxylation is 1. The molecule has 0 saturated carbocycles. The number of nitrogens with zero attached hydrogens (tertiary/aromatic N) is 1. The van der Waals surface area contributed by atoms with Gasteiger partial charge in [-0.05, 0) is 54.6 Å². The molecule has 0 aliphatic heterocycles. The van der Waals surface area contributed by atoms with Gasteiger partial charge in [0.2, 0.25) is 5.91 Å². The highest BCUT2D eigenvalue weighted by Gasteiger charge is 2.12. The van der Waals surface area contributed by atoms with Crippen LogP contribution in [0, 0.1) is 12.1 Å². The molecule has 0 unspecified atom stereocenters. The van der Waals surface area contributed by atoms with Crippen LogP contribution >= 0.6 is 11.8 Å². The molecule has 1 heterocycles. The Bertz CT molecular complexity index is 915. The fraction of sp³-hybridized carbons (Fsp3) is 0.100. The van der Waals surface area contributed by atoms with Crippen molar-refractivity contribution in [2.75, 3.05) is 11.1 Å². The molecule has 0 aliphatic rings. The van der Waals surface area contributed by atoms with Crippen LogP contribution in [0.2, 0.25) is 0 Å². The van der Waals surface area contributed by atoms with Crippen molar-refractivity contribution < 1.29 is 14.3 Å². The molecule has 1 amide bonds. The van der Waals surface area contributed by atoms with Crippen LogP contribution in [0.3, 0.4) is 0 Å². The molecular formula is C20H18N2O3S. The number of anilines is 1. The van der Waals surface area contributed by atoms with Crippen LogP contribution in [-0.4, -0.2) is 11.7 Å². The topological polar surface area (TPSA) is 65.3 Å². The van der Waals surface area contributed by atoms with Gasteiger partial charge in [0.1, 0.15) is 5.75 Å². The van der Waals surface area contributed by atoms with Gasteiger partial charge in [0.15, 0.2) is 11.9 Å². The molecule has 0 aliphatic carbocycles. The molecule has 0 atom stereocenters. The third-order valence-electron chi connectivity index (χ3n) is 3.52. The lowest BCUT2D eigenvalue weighted by Gasteiger charge is -2.12. The summed E-state index contributed by atoms with van der Waals surface area (Å²) in [4.78, 5) is 12.3. The first-order chi connectivity index (χ1) is 12.6. The Morgan fingerprint density at radius 3 is 2.73 bits per heavy atom. The largest absolute Gasteiger partial charge is 0.618 e. The first kappa shape index (κ1) is 17.8. The van der Waals surface area contributed by atoms with E-state index >= 15 is 0 Å². The summed E-state index contributed by atoms with van der Waals surface area (Å²) >= 11 is 1.18. The lowest BCUT2D eigenvalue weighted by atomic mass is 10.2. The van der Waals surface area contributed by atoms with Gasteiger partial charge in [-0.3, -0.25) is 4.79 Å². The van der Waals surface area contributed by atoms with Crippen molar-refractivity contribution in [3.63, 3.8) is 0 Å². The smallest absolute Gasteiger partial charge is 0.251 e. The zero-order chi connectivity index (χ0) is 18.4. The SMILES string of the molecule is Cc1cccc(Oc2ccccc2NC(=O)CSc2cccc[n+]2[O-])c1. The summed E-state index contributed by atoms with van der Waals surface area (Å²) in [5, 5.41) is 14.9. The molecule has 3 aromatic rings. The highest BCUT2D eigenvalue weighted by molar-refractivity contribution is 7.99. The molecule has 1 aromatic heterocycles. The maximum atomic E-state index is 12.3. The second-order valence-corrected chi connectivity index (χ2v) is 6.61. The molecular weight excluding hydrogens is 348 g/mol. The fourth-order valence-corrected chi connectivity index (χ4v) is 3.03. The van der Waals surface area contributed by atoms with Gasteiger partial charge < -0.3 is 15.3 Å². The number of amides is 1. The summed E-state index contributed by atoms with van der Waals surface area (Å²) in [6.45, 7) is 1.99. The van der Waals surface area contributed by atoms with Crippen molar-refractivity contribution in [1.82, 2.24) is 0 Å². The summed E-state index contributed by atoms with van der Waals surface area (Å²) in [5.74, 6) is 1.19.